The summed E-state index contributed by atoms with van der Waals surface area (Å²) >= 11 is 12.1. The predicted octanol–water partition coefficient (Wildman–Crippen LogP) is 5.18. The highest BCUT2D eigenvalue weighted by atomic mass is 35.5. The number of carbonyl (C=O) groups is 2. The number of rotatable bonds is 8. The summed E-state index contributed by atoms with van der Waals surface area (Å²) in [6, 6.07) is 12.6. The van der Waals surface area contributed by atoms with Gasteiger partial charge in [0, 0.05) is 12.6 Å². The number of carbonyl (C=O) groups excluding carboxylic acids is 2. The molecule has 2 aromatic rings. The van der Waals surface area contributed by atoms with Gasteiger partial charge in [0.2, 0.25) is 11.8 Å². The number of nitrogens with zero attached hydrogens (tertiary/aromatic N) is 1. The van der Waals surface area contributed by atoms with Gasteiger partial charge in [-0.1, -0.05) is 66.0 Å². The number of hydrogen-bond acceptors (Lipinski definition) is 2. The summed E-state index contributed by atoms with van der Waals surface area (Å²) in [4.78, 5) is 27.7. The molecule has 0 fully saturated rings. The summed E-state index contributed by atoms with van der Waals surface area (Å²) in [5, 5.41) is 3.79. The van der Waals surface area contributed by atoms with Crippen molar-refractivity contribution < 1.29 is 9.59 Å². The lowest BCUT2D eigenvalue weighted by molar-refractivity contribution is -0.141. The van der Waals surface area contributed by atoms with Crippen molar-refractivity contribution in [2.75, 3.05) is 0 Å². The van der Waals surface area contributed by atoms with Gasteiger partial charge in [-0.2, -0.15) is 0 Å². The Labute approximate surface area is 183 Å². The van der Waals surface area contributed by atoms with E-state index in [2.05, 4.69) is 5.32 Å². The van der Waals surface area contributed by atoms with Crippen LogP contribution < -0.4 is 5.32 Å². The molecule has 0 saturated carbocycles. The molecule has 0 unspecified atom stereocenters. The van der Waals surface area contributed by atoms with E-state index in [-0.39, 0.29) is 24.3 Å². The van der Waals surface area contributed by atoms with Gasteiger partial charge in [0.15, 0.2) is 0 Å². The molecular formula is C23H28Cl2N2O2. The first-order valence-corrected chi connectivity index (χ1v) is 10.6. The molecule has 0 radical (unpaired) electrons. The second-order valence-corrected chi connectivity index (χ2v) is 8.34. The van der Waals surface area contributed by atoms with Crippen molar-refractivity contribution in [1.29, 1.82) is 0 Å². The molecule has 0 aromatic heterocycles. The average Bonchev–Trinajstić information content (AvgIpc) is 2.64. The van der Waals surface area contributed by atoms with Crippen LogP contribution in [0.5, 0.6) is 0 Å². The Morgan fingerprint density at radius 1 is 1.03 bits per heavy atom. The van der Waals surface area contributed by atoms with Gasteiger partial charge >= 0.3 is 0 Å². The van der Waals surface area contributed by atoms with Crippen LogP contribution in [0.2, 0.25) is 10.0 Å². The first kappa shape index (κ1) is 23.2. The zero-order valence-corrected chi connectivity index (χ0v) is 18.8. The highest BCUT2D eigenvalue weighted by Gasteiger charge is 2.29. The normalized spacial score (nSPS) is 12.0. The molecule has 0 spiro atoms. The van der Waals surface area contributed by atoms with Gasteiger partial charge in [-0.05, 0) is 50.5 Å². The molecule has 29 heavy (non-hydrogen) atoms. The second kappa shape index (κ2) is 10.7. The van der Waals surface area contributed by atoms with Gasteiger partial charge in [0.05, 0.1) is 16.5 Å². The number of nitrogens with one attached hydrogen (secondary N) is 1. The highest BCUT2D eigenvalue weighted by molar-refractivity contribution is 6.42. The van der Waals surface area contributed by atoms with Gasteiger partial charge in [0.1, 0.15) is 6.04 Å². The Bertz CT molecular complexity index is 868. The summed E-state index contributed by atoms with van der Waals surface area (Å²) in [7, 11) is 0. The first-order chi connectivity index (χ1) is 13.7. The van der Waals surface area contributed by atoms with E-state index in [0.29, 0.717) is 23.0 Å². The lowest BCUT2D eigenvalue weighted by atomic mass is 10.1. The minimum atomic E-state index is -0.548. The molecule has 2 aromatic carbocycles. The highest BCUT2D eigenvalue weighted by Crippen LogP contribution is 2.23. The first-order valence-electron chi connectivity index (χ1n) is 9.80. The number of amides is 2. The second-order valence-electron chi connectivity index (χ2n) is 7.52. The van der Waals surface area contributed by atoms with Crippen LogP contribution in [0.25, 0.3) is 0 Å². The lowest BCUT2D eigenvalue weighted by Gasteiger charge is -2.31. The molecular weight excluding hydrogens is 407 g/mol. The zero-order valence-electron chi connectivity index (χ0n) is 17.3. The topological polar surface area (TPSA) is 49.4 Å². The fourth-order valence-corrected chi connectivity index (χ4v) is 3.55. The third-order valence-electron chi connectivity index (χ3n) is 4.59. The van der Waals surface area contributed by atoms with Crippen LogP contribution in [0.4, 0.5) is 0 Å². The number of benzene rings is 2. The van der Waals surface area contributed by atoms with Crippen LogP contribution in [-0.2, 0) is 22.6 Å². The maximum atomic E-state index is 13.3. The van der Waals surface area contributed by atoms with Crippen LogP contribution in [0.3, 0.4) is 0 Å². The molecule has 0 aliphatic heterocycles. The largest absolute Gasteiger partial charge is 0.352 e. The van der Waals surface area contributed by atoms with Crippen LogP contribution >= 0.6 is 23.2 Å². The third-order valence-corrected chi connectivity index (χ3v) is 5.33. The quantitative estimate of drug-likeness (QED) is 0.622. The summed E-state index contributed by atoms with van der Waals surface area (Å²) in [6.45, 7) is 8.11. The molecule has 0 bridgehead atoms. The van der Waals surface area contributed by atoms with E-state index in [0.717, 1.165) is 16.7 Å². The smallest absolute Gasteiger partial charge is 0.243 e. The van der Waals surface area contributed by atoms with Crippen LogP contribution in [0.15, 0.2) is 42.5 Å². The molecule has 0 aliphatic carbocycles. The van der Waals surface area contributed by atoms with Crippen molar-refractivity contribution in [2.24, 2.45) is 0 Å². The number of hydrogen-bond donors (Lipinski definition) is 1. The summed E-state index contributed by atoms with van der Waals surface area (Å²) in [6.07, 6.45) is 0.672. The van der Waals surface area contributed by atoms with Crippen molar-refractivity contribution in [2.45, 2.75) is 59.2 Å². The lowest BCUT2D eigenvalue weighted by Crippen LogP contribution is -2.50. The minimum Gasteiger partial charge on any atom is -0.352 e. The number of halogens is 2. The summed E-state index contributed by atoms with van der Waals surface area (Å²) < 4.78 is 0. The van der Waals surface area contributed by atoms with Crippen LogP contribution in [-0.4, -0.2) is 28.8 Å². The van der Waals surface area contributed by atoms with E-state index in [4.69, 9.17) is 23.2 Å². The van der Waals surface area contributed by atoms with E-state index in [9.17, 15) is 9.59 Å². The van der Waals surface area contributed by atoms with Gasteiger partial charge in [-0.3, -0.25) is 9.59 Å². The Kier molecular flexibility index (Phi) is 8.54. The fourth-order valence-electron chi connectivity index (χ4n) is 3.23. The number of aryl methyl sites for hydroxylation is 1. The van der Waals surface area contributed by atoms with Crippen molar-refractivity contribution in [3.8, 4) is 0 Å². The zero-order chi connectivity index (χ0) is 21.6. The molecule has 2 amide bonds. The molecule has 2 rings (SSSR count). The molecule has 156 valence electrons. The molecule has 0 aliphatic rings. The maximum Gasteiger partial charge on any atom is 0.243 e. The van der Waals surface area contributed by atoms with Crippen molar-refractivity contribution >= 4 is 35.0 Å². The van der Waals surface area contributed by atoms with E-state index >= 15 is 0 Å². The van der Waals surface area contributed by atoms with Gasteiger partial charge in [-0.25, -0.2) is 0 Å². The van der Waals surface area contributed by atoms with Crippen LogP contribution in [0.1, 0.15) is 43.9 Å². The van der Waals surface area contributed by atoms with Crippen molar-refractivity contribution in [3.05, 3.63) is 69.2 Å². The Balaban J connectivity index is 2.31. The van der Waals surface area contributed by atoms with E-state index < -0.39 is 6.04 Å². The molecule has 6 heteroatoms. The van der Waals surface area contributed by atoms with E-state index in [1.807, 2.05) is 52.0 Å². The molecule has 1 N–H and O–H groups in total. The van der Waals surface area contributed by atoms with Gasteiger partial charge in [-0.15, -0.1) is 0 Å². The molecule has 1 atom stereocenters. The summed E-state index contributed by atoms with van der Waals surface area (Å²) in [5.41, 5.74) is 2.86. The van der Waals surface area contributed by atoms with E-state index in [1.54, 1.807) is 23.1 Å². The molecule has 0 saturated heterocycles. The standard InChI is InChI=1S/C23H28Cl2N2O2/c1-5-21(23(29)26-15(2)3)27(14-18-8-6-7-16(4)11-18)22(28)13-17-9-10-19(24)20(25)12-17/h6-12,15,21H,5,13-14H2,1-4H3,(H,26,29)/t21-/m0/s1. The Morgan fingerprint density at radius 2 is 1.76 bits per heavy atom. The van der Waals surface area contributed by atoms with Crippen molar-refractivity contribution in [1.82, 2.24) is 10.2 Å². The SMILES string of the molecule is CC[C@@H](C(=O)NC(C)C)N(Cc1cccc(C)c1)C(=O)Cc1ccc(Cl)c(Cl)c1. The molecule has 4 nitrogen and oxygen atoms in total. The van der Waals surface area contributed by atoms with Gasteiger partial charge < -0.3 is 10.2 Å². The Hall–Kier alpha value is -2.04. The minimum absolute atomic E-state index is 0.00236. The summed E-state index contributed by atoms with van der Waals surface area (Å²) in [5.74, 6) is -0.270. The Morgan fingerprint density at radius 3 is 2.34 bits per heavy atom. The fraction of sp³-hybridized carbons (Fsp3) is 0.391. The maximum absolute atomic E-state index is 13.3. The average molecular weight is 435 g/mol. The van der Waals surface area contributed by atoms with E-state index in [1.165, 1.54) is 0 Å². The van der Waals surface area contributed by atoms with Gasteiger partial charge in [0.25, 0.3) is 0 Å². The monoisotopic (exact) mass is 434 g/mol. The third kappa shape index (κ3) is 6.76. The van der Waals surface area contributed by atoms with Crippen molar-refractivity contribution in [3.63, 3.8) is 0 Å². The van der Waals surface area contributed by atoms with Crippen LogP contribution in [0, 0.1) is 6.92 Å². The molecule has 0 heterocycles. The predicted molar refractivity (Wildman–Crippen MR) is 119 cm³/mol.